The Morgan fingerprint density at radius 1 is 0.475 bits per heavy atom. The molecule has 0 fully saturated rings. The smallest absolute Gasteiger partial charge is 0.336 e. The van der Waals surface area contributed by atoms with Gasteiger partial charge in [-0.15, -0.1) is 0 Å². The van der Waals surface area contributed by atoms with Gasteiger partial charge in [-0.2, -0.15) is 0 Å². The zero-order chi connectivity index (χ0) is 25.7. The summed E-state index contributed by atoms with van der Waals surface area (Å²) >= 11 is 0. The summed E-state index contributed by atoms with van der Waals surface area (Å²) in [6.07, 6.45) is 4.48. The van der Waals surface area contributed by atoms with Crippen LogP contribution in [0.1, 0.15) is 0 Å². The van der Waals surface area contributed by atoms with E-state index in [1.165, 1.54) is 65.9 Å². The lowest BCUT2D eigenvalue weighted by atomic mass is 9.41. The van der Waals surface area contributed by atoms with Crippen LogP contribution in [0, 0.1) is 0 Å². The standard InChI is InChI=1S/C34H18B2N2O2/c1-3-13-25-23(11-1)35-29-27(21-9-5-7-19-15-17-37(35)31(19)21)28-22-10-6-8-20-16-18-38(32(20)22)36-24-12-2-4-14-26(24)40-34(30(28)36)33(29)39-25/h1-18H. The number of benzene rings is 5. The minimum Gasteiger partial charge on any atom is -0.454 e. The van der Waals surface area contributed by atoms with E-state index in [1.807, 2.05) is 0 Å². The van der Waals surface area contributed by atoms with Gasteiger partial charge in [0.05, 0.1) is 0 Å². The second kappa shape index (κ2) is 6.54. The van der Waals surface area contributed by atoms with E-state index in [9.17, 15) is 0 Å². The van der Waals surface area contributed by atoms with Crippen molar-refractivity contribution in [1.82, 2.24) is 8.96 Å². The molecular formula is C34H18B2N2O2. The molecule has 4 aliphatic heterocycles. The van der Waals surface area contributed by atoms with Crippen LogP contribution < -0.4 is 31.3 Å². The molecule has 4 nitrogen and oxygen atoms in total. The lowest BCUT2D eigenvalue weighted by Gasteiger charge is -2.40. The van der Waals surface area contributed by atoms with Gasteiger partial charge in [-0.1, -0.05) is 72.8 Å². The number of ether oxygens (including phenoxy) is 2. The molecule has 4 aliphatic rings. The number of hydrogen-bond acceptors (Lipinski definition) is 2. The van der Waals surface area contributed by atoms with Gasteiger partial charge in [0.2, 0.25) is 0 Å². The first-order chi connectivity index (χ1) is 19.9. The second-order valence-electron chi connectivity index (χ2n) is 11.3. The summed E-state index contributed by atoms with van der Waals surface area (Å²) in [5.74, 6) is 3.47. The van der Waals surface area contributed by atoms with Gasteiger partial charge in [0.25, 0.3) is 0 Å². The third-order valence-corrected chi connectivity index (χ3v) is 9.46. The Morgan fingerprint density at radius 2 is 0.950 bits per heavy atom. The fraction of sp³-hybridized carbons (Fsp3) is 0. The molecule has 11 rings (SSSR count). The normalized spacial score (nSPS) is 14.3. The summed E-state index contributed by atoms with van der Waals surface area (Å²) in [5.41, 5.74) is 12.4. The molecule has 6 heteroatoms. The van der Waals surface area contributed by atoms with E-state index in [0.717, 1.165) is 23.0 Å². The topological polar surface area (TPSA) is 28.3 Å². The van der Waals surface area contributed by atoms with Gasteiger partial charge in [0.1, 0.15) is 11.5 Å². The largest absolute Gasteiger partial charge is 0.454 e. The Morgan fingerprint density at radius 3 is 1.45 bits per heavy atom. The van der Waals surface area contributed by atoms with E-state index in [-0.39, 0.29) is 13.7 Å². The molecule has 5 aromatic carbocycles. The van der Waals surface area contributed by atoms with E-state index in [0.29, 0.717) is 0 Å². The van der Waals surface area contributed by atoms with Crippen LogP contribution in [0.2, 0.25) is 0 Å². The van der Waals surface area contributed by atoms with Gasteiger partial charge in [0.15, 0.2) is 11.5 Å². The van der Waals surface area contributed by atoms with Gasteiger partial charge in [-0.05, 0) is 69.5 Å². The van der Waals surface area contributed by atoms with Crippen molar-refractivity contribution in [3.63, 3.8) is 0 Å². The van der Waals surface area contributed by atoms with Crippen molar-refractivity contribution in [2.24, 2.45) is 0 Å². The summed E-state index contributed by atoms with van der Waals surface area (Å²) < 4.78 is 18.7. The van der Waals surface area contributed by atoms with Crippen molar-refractivity contribution in [2.75, 3.05) is 0 Å². The van der Waals surface area contributed by atoms with E-state index in [1.54, 1.807) is 0 Å². The Hall–Kier alpha value is -5.09. The van der Waals surface area contributed by atoms with Crippen LogP contribution >= 0.6 is 0 Å². The number of nitrogens with zero attached hydrogens (tertiary/aromatic N) is 2. The average molecular weight is 508 g/mol. The summed E-state index contributed by atoms with van der Waals surface area (Å²) in [5, 5.41) is 2.52. The zero-order valence-corrected chi connectivity index (χ0v) is 21.3. The maximum atomic E-state index is 6.89. The molecule has 0 spiro atoms. The SMILES string of the molecule is c1ccc2c(c1)Oc1c3c4c(c5c1B2n1ccc2cccc-5c21)-c1cccc2ccn(c12)B4c1ccccc1O3. The maximum Gasteiger partial charge on any atom is 0.336 e. The number of hydrogen-bond donors (Lipinski definition) is 0. The zero-order valence-electron chi connectivity index (χ0n) is 21.3. The summed E-state index contributed by atoms with van der Waals surface area (Å²) in [4.78, 5) is 0. The first-order valence-electron chi connectivity index (χ1n) is 13.8. The van der Waals surface area contributed by atoms with Gasteiger partial charge in [-0.25, -0.2) is 0 Å². The van der Waals surface area contributed by atoms with Crippen molar-refractivity contribution in [1.29, 1.82) is 0 Å². The third-order valence-electron chi connectivity index (χ3n) is 9.46. The van der Waals surface area contributed by atoms with Crippen LogP contribution in [-0.2, 0) is 0 Å². The van der Waals surface area contributed by atoms with E-state index >= 15 is 0 Å². The van der Waals surface area contributed by atoms with E-state index in [2.05, 4.69) is 118 Å². The molecule has 0 saturated heterocycles. The highest BCUT2D eigenvalue weighted by atomic mass is 16.5. The first-order valence-corrected chi connectivity index (χ1v) is 13.8. The molecule has 0 unspecified atom stereocenters. The quantitative estimate of drug-likeness (QED) is 0.268. The highest BCUT2D eigenvalue weighted by Crippen LogP contribution is 2.50. The molecule has 0 saturated carbocycles. The maximum absolute atomic E-state index is 6.89. The van der Waals surface area contributed by atoms with Crippen molar-refractivity contribution in [2.45, 2.75) is 0 Å². The van der Waals surface area contributed by atoms with Crippen LogP contribution in [0.25, 0.3) is 44.1 Å². The summed E-state index contributed by atoms with van der Waals surface area (Å²) in [6.45, 7) is -0.00734. The van der Waals surface area contributed by atoms with Crippen molar-refractivity contribution >= 4 is 57.4 Å². The highest BCUT2D eigenvalue weighted by Gasteiger charge is 2.49. The van der Waals surface area contributed by atoms with Crippen LogP contribution in [-0.4, -0.2) is 22.7 Å². The molecule has 0 bridgehead atoms. The fourth-order valence-corrected chi connectivity index (χ4v) is 8.00. The minimum atomic E-state index is -0.00367. The van der Waals surface area contributed by atoms with Crippen LogP contribution in [0.4, 0.5) is 0 Å². The summed E-state index contributed by atoms with van der Waals surface area (Å²) in [7, 11) is 0. The Labute approximate surface area is 230 Å². The lowest BCUT2D eigenvalue weighted by Crippen LogP contribution is -2.58. The number of para-hydroxylation sites is 4. The van der Waals surface area contributed by atoms with Crippen LogP contribution in [0.5, 0.6) is 23.0 Å². The first kappa shape index (κ1) is 19.9. The lowest BCUT2D eigenvalue weighted by molar-refractivity contribution is 0.424. The van der Waals surface area contributed by atoms with Gasteiger partial charge < -0.3 is 18.4 Å². The number of fused-ring (bicyclic) bond motifs is 10. The second-order valence-corrected chi connectivity index (χ2v) is 11.3. The Balaban J connectivity index is 1.41. The van der Waals surface area contributed by atoms with Crippen LogP contribution in [0.3, 0.4) is 0 Å². The number of rotatable bonds is 0. The number of aromatic nitrogens is 2. The van der Waals surface area contributed by atoms with Gasteiger partial charge in [0, 0.05) is 33.1 Å². The molecule has 0 N–H and O–H groups in total. The fourth-order valence-electron chi connectivity index (χ4n) is 8.00. The van der Waals surface area contributed by atoms with Gasteiger partial charge in [-0.3, -0.25) is 0 Å². The van der Waals surface area contributed by atoms with Crippen molar-refractivity contribution in [3.05, 3.63) is 109 Å². The summed E-state index contributed by atoms with van der Waals surface area (Å²) in [6, 6.07) is 34.8. The van der Waals surface area contributed by atoms with E-state index < -0.39 is 0 Å². The predicted octanol–water partition coefficient (Wildman–Crippen LogP) is 5.08. The molecule has 0 aliphatic carbocycles. The minimum absolute atomic E-state index is 0.00367. The molecular weight excluding hydrogens is 490 g/mol. The predicted molar refractivity (Wildman–Crippen MR) is 162 cm³/mol. The van der Waals surface area contributed by atoms with E-state index in [4.69, 9.17) is 9.47 Å². The average Bonchev–Trinajstić information content (AvgIpc) is 3.64. The Bertz CT molecular complexity index is 2150. The molecule has 0 radical (unpaired) electrons. The monoisotopic (exact) mass is 508 g/mol. The third kappa shape index (κ3) is 2.08. The molecule has 7 aromatic rings. The Kier molecular flexibility index (Phi) is 3.26. The highest BCUT2D eigenvalue weighted by molar-refractivity contribution is 6.91. The van der Waals surface area contributed by atoms with Crippen molar-refractivity contribution < 1.29 is 9.47 Å². The van der Waals surface area contributed by atoms with Gasteiger partial charge >= 0.3 is 13.7 Å². The molecule has 182 valence electrons. The van der Waals surface area contributed by atoms with Crippen molar-refractivity contribution in [3.8, 4) is 45.3 Å². The molecule has 0 atom stereocenters. The molecule has 2 aromatic heterocycles. The van der Waals surface area contributed by atoms with Crippen LogP contribution in [0.15, 0.2) is 109 Å². The molecule has 0 amide bonds. The molecule has 40 heavy (non-hydrogen) atoms. The molecule has 6 heterocycles.